The number of nitro benzene ring substituents is 1. The van der Waals surface area contributed by atoms with E-state index < -0.39 is 4.92 Å². The first-order valence-corrected chi connectivity index (χ1v) is 10.7. The summed E-state index contributed by atoms with van der Waals surface area (Å²) >= 11 is 0. The number of nitrogens with one attached hydrogen (secondary N) is 1. The van der Waals surface area contributed by atoms with Gasteiger partial charge in [-0.3, -0.25) is 14.9 Å². The van der Waals surface area contributed by atoms with E-state index in [1.54, 1.807) is 12.1 Å². The van der Waals surface area contributed by atoms with E-state index in [0.29, 0.717) is 11.4 Å². The number of anilines is 2. The fourth-order valence-electron chi connectivity index (χ4n) is 4.64. The summed E-state index contributed by atoms with van der Waals surface area (Å²) in [6.07, 6.45) is 4.05. The molecule has 1 fully saturated rings. The zero-order chi connectivity index (χ0) is 21.4. The van der Waals surface area contributed by atoms with Gasteiger partial charge in [0.2, 0.25) is 0 Å². The fourth-order valence-corrected chi connectivity index (χ4v) is 4.64. The fraction of sp³-hybridized carbons (Fsp3) is 0.240. The molecule has 0 spiro atoms. The van der Waals surface area contributed by atoms with E-state index in [1.807, 2.05) is 35.2 Å². The number of fused-ring (bicyclic) bond motifs is 3. The first-order chi connectivity index (χ1) is 15.1. The summed E-state index contributed by atoms with van der Waals surface area (Å²) in [5.41, 5.74) is 6.44. The minimum Gasteiger partial charge on any atom is -0.366 e. The maximum absolute atomic E-state index is 12.8. The van der Waals surface area contributed by atoms with Crippen molar-refractivity contribution in [3.63, 3.8) is 0 Å². The van der Waals surface area contributed by atoms with E-state index >= 15 is 0 Å². The van der Waals surface area contributed by atoms with Crippen molar-refractivity contribution in [2.45, 2.75) is 25.7 Å². The van der Waals surface area contributed by atoms with E-state index in [0.717, 1.165) is 38.8 Å². The molecule has 156 valence electrons. The van der Waals surface area contributed by atoms with Crippen LogP contribution in [-0.2, 0) is 6.42 Å². The molecule has 0 unspecified atom stereocenters. The number of benzene rings is 3. The molecule has 6 nitrogen and oxygen atoms in total. The Morgan fingerprint density at radius 1 is 0.903 bits per heavy atom. The lowest BCUT2D eigenvalue weighted by molar-refractivity contribution is -0.384. The molecule has 1 heterocycles. The summed E-state index contributed by atoms with van der Waals surface area (Å²) in [7, 11) is 0. The second-order valence-electron chi connectivity index (χ2n) is 8.17. The van der Waals surface area contributed by atoms with Crippen molar-refractivity contribution < 1.29 is 9.72 Å². The Morgan fingerprint density at radius 2 is 1.68 bits per heavy atom. The van der Waals surface area contributed by atoms with Gasteiger partial charge in [-0.15, -0.1) is 0 Å². The Hall–Kier alpha value is -3.67. The van der Waals surface area contributed by atoms with Crippen LogP contribution in [0.15, 0.2) is 60.7 Å². The van der Waals surface area contributed by atoms with E-state index in [4.69, 9.17) is 0 Å². The minimum absolute atomic E-state index is 0.0149. The van der Waals surface area contributed by atoms with Gasteiger partial charge in [-0.05, 0) is 72.2 Å². The SMILES string of the molecule is O=C(Nc1ccc2c(c1)Cc1ccccc1-2)c1ccc(N2CCCCC2)c([N+](=O)[O-])c1. The van der Waals surface area contributed by atoms with Crippen LogP contribution in [0.4, 0.5) is 17.1 Å². The predicted octanol–water partition coefficient (Wildman–Crippen LogP) is 5.41. The normalized spacial score (nSPS) is 14.6. The Bertz CT molecular complexity index is 1180. The molecular formula is C25H23N3O3. The van der Waals surface area contributed by atoms with E-state index in [1.165, 1.54) is 28.3 Å². The molecule has 6 heteroatoms. The average Bonchev–Trinajstić information content (AvgIpc) is 3.17. The van der Waals surface area contributed by atoms with Crippen molar-refractivity contribution in [2.75, 3.05) is 23.3 Å². The van der Waals surface area contributed by atoms with Crippen LogP contribution in [0.25, 0.3) is 11.1 Å². The van der Waals surface area contributed by atoms with Crippen molar-refractivity contribution in [1.82, 2.24) is 0 Å². The van der Waals surface area contributed by atoms with E-state index in [2.05, 4.69) is 17.4 Å². The lowest BCUT2D eigenvalue weighted by atomic mass is 10.1. The summed E-state index contributed by atoms with van der Waals surface area (Å²) in [6, 6.07) is 19.0. The van der Waals surface area contributed by atoms with Gasteiger partial charge in [-0.25, -0.2) is 0 Å². The van der Waals surface area contributed by atoms with Gasteiger partial charge in [0.1, 0.15) is 5.69 Å². The average molecular weight is 413 g/mol. The predicted molar refractivity (Wildman–Crippen MR) is 122 cm³/mol. The van der Waals surface area contributed by atoms with Crippen LogP contribution < -0.4 is 10.2 Å². The number of amides is 1. The molecule has 1 aliphatic heterocycles. The molecule has 1 saturated heterocycles. The number of nitrogens with zero attached hydrogens (tertiary/aromatic N) is 2. The standard InChI is InChI=1S/C25H23N3O3/c29-25(18-8-11-23(24(16-18)28(30)31)27-12-4-1-5-13-27)26-20-9-10-22-19(15-20)14-17-6-2-3-7-21(17)22/h2-3,6-11,15-16H,1,4-5,12-14H2,(H,26,29). The number of piperidine rings is 1. The third-order valence-electron chi connectivity index (χ3n) is 6.18. The van der Waals surface area contributed by atoms with Crippen LogP contribution in [0.3, 0.4) is 0 Å². The molecule has 1 N–H and O–H groups in total. The molecule has 2 aliphatic rings. The van der Waals surface area contributed by atoms with Crippen molar-refractivity contribution in [1.29, 1.82) is 0 Å². The monoisotopic (exact) mass is 413 g/mol. The van der Waals surface area contributed by atoms with Crippen LogP contribution in [0.1, 0.15) is 40.7 Å². The molecular weight excluding hydrogens is 390 g/mol. The number of carbonyl (C=O) groups is 1. The van der Waals surface area contributed by atoms with E-state index in [9.17, 15) is 14.9 Å². The van der Waals surface area contributed by atoms with Crippen LogP contribution in [0.2, 0.25) is 0 Å². The third-order valence-corrected chi connectivity index (χ3v) is 6.18. The van der Waals surface area contributed by atoms with Crippen molar-refractivity contribution >= 4 is 23.0 Å². The minimum atomic E-state index is -0.395. The topological polar surface area (TPSA) is 75.5 Å². The van der Waals surface area contributed by atoms with Crippen molar-refractivity contribution in [3.8, 4) is 11.1 Å². The smallest absolute Gasteiger partial charge is 0.293 e. The highest BCUT2D eigenvalue weighted by Crippen LogP contribution is 2.38. The van der Waals surface area contributed by atoms with Crippen LogP contribution in [-0.4, -0.2) is 23.9 Å². The van der Waals surface area contributed by atoms with Crippen LogP contribution in [0, 0.1) is 10.1 Å². The van der Waals surface area contributed by atoms with Gasteiger partial charge >= 0.3 is 0 Å². The highest BCUT2D eigenvalue weighted by molar-refractivity contribution is 6.05. The Morgan fingerprint density at radius 3 is 2.48 bits per heavy atom. The molecule has 0 radical (unpaired) electrons. The molecule has 3 aromatic carbocycles. The molecule has 1 amide bonds. The van der Waals surface area contributed by atoms with Gasteiger partial charge in [0.05, 0.1) is 4.92 Å². The summed E-state index contributed by atoms with van der Waals surface area (Å²) in [5, 5.41) is 14.6. The summed E-state index contributed by atoms with van der Waals surface area (Å²) in [5.74, 6) is -0.344. The largest absolute Gasteiger partial charge is 0.366 e. The highest BCUT2D eigenvalue weighted by Gasteiger charge is 2.24. The van der Waals surface area contributed by atoms with Gasteiger partial charge in [0.25, 0.3) is 11.6 Å². The van der Waals surface area contributed by atoms with Crippen LogP contribution in [0.5, 0.6) is 0 Å². The number of hydrogen-bond acceptors (Lipinski definition) is 4. The summed E-state index contributed by atoms with van der Waals surface area (Å²) in [4.78, 5) is 26.2. The third kappa shape index (κ3) is 3.65. The molecule has 31 heavy (non-hydrogen) atoms. The second kappa shape index (κ2) is 7.87. The van der Waals surface area contributed by atoms with Crippen LogP contribution >= 0.6 is 0 Å². The first kappa shape index (κ1) is 19.3. The molecule has 0 atom stereocenters. The summed E-state index contributed by atoms with van der Waals surface area (Å²) < 4.78 is 0. The van der Waals surface area contributed by atoms with Crippen molar-refractivity contribution in [2.24, 2.45) is 0 Å². The summed E-state index contributed by atoms with van der Waals surface area (Å²) in [6.45, 7) is 1.62. The van der Waals surface area contributed by atoms with Crippen molar-refractivity contribution in [3.05, 3.63) is 87.5 Å². The number of carbonyl (C=O) groups excluding carboxylic acids is 1. The Kier molecular flexibility index (Phi) is 4.90. The molecule has 5 rings (SSSR count). The number of rotatable bonds is 4. The Labute approximate surface area is 180 Å². The molecule has 3 aromatic rings. The molecule has 0 aromatic heterocycles. The first-order valence-electron chi connectivity index (χ1n) is 10.7. The number of nitro groups is 1. The Balaban J connectivity index is 1.38. The zero-order valence-electron chi connectivity index (χ0n) is 17.1. The second-order valence-corrected chi connectivity index (χ2v) is 8.17. The molecule has 0 bridgehead atoms. The maximum Gasteiger partial charge on any atom is 0.293 e. The number of hydrogen-bond donors (Lipinski definition) is 1. The lowest BCUT2D eigenvalue weighted by Crippen LogP contribution is -2.30. The lowest BCUT2D eigenvalue weighted by Gasteiger charge is -2.28. The zero-order valence-corrected chi connectivity index (χ0v) is 17.1. The molecule has 0 saturated carbocycles. The highest BCUT2D eigenvalue weighted by atomic mass is 16.6. The van der Waals surface area contributed by atoms with Gasteiger partial charge in [0.15, 0.2) is 0 Å². The quantitative estimate of drug-likeness (QED) is 0.359. The maximum atomic E-state index is 12.8. The van der Waals surface area contributed by atoms with Gasteiger partial charge in [-0.2, -0.15) is 0 Å². The molecule has 1 aliphatic carbocycles. The van der Waals surface area contributed by atoms with E-state index in [-0.39, 0.29) is 17.2 Å². The van der Waals surface area contributed by atoms with Gasteiger partial charge in [-0.1, -0.05) is 30.3 Å². The van der Waals surface area contributed by atoms with Gasteiger partial charge in [0, 0.05) is 30.4 Å². The van der Waals surface area contributed by atoms with Gasteiger partial charge < -0.3 is 10.2 Å².